The van der Waals surface area contributed by atoms with Crippen LogP contribution in [0.2, 0.25) is 0 Å². The fraction of sp³-hybridized carbons (Fsp3) is 1.00. The molecule has 9 unspecified atom stereocenters. The van der Waals surface area contributed by atoms with E-state index in [1.807, 2.05) is 0 Å². The van der Waals surface area contributed by atoms with E-state index >= 15 is 0 Å². The summed E-state index contributed by atoms with van der Waals surface area (Å²) in [6, 6.07) is 0. The van der Waals surface area contributed by atoms with E-state index in [1.54, 1.807) is 0 Å². The Bertz CT molecular complexity index is 399. The largest absolute Gasteiger partial charge is 1.00 e. The SMILES string of the molecule is OCC1OC(OC2C(CO)OC(O)(CO)C2O)C(O)C(O)C1O.[H+]. The highest BCUT2D eigenvalue weighted by Gasteiger charge is 2.56. The average Bonchev–Trinajstić information content (AvgIpc) is 2.80. The van der Waals surface area contributed by atoms with Crippen LogP contribution in [0.1, 0.15) is 1.43 Å². The van der Waals surface area contributed by atoms with Crippen molar-refractivity contribution < 1.29 is 56.5 Å². The minimum absolute atomic E-state index is 0. The van der Waals surface area contributed by atoms with Crippen molar-refractivity contribution in [3.8, 4) is 0 Å². The molecule has 0 amide bonds. The number of ether oxygens (including phenoxy) is 3. The second-order valence-electron chi connectivity index (χ2n) is 5.58. The topological polar surface area (TPSA) is 190 Å². The summed E-state index contributed by atoms with van der Waals surface area (Å²) >= 11 is 0. The van der Waals surface area contributed by atoms with Gasteiger partial charge in [-0.05, 0) is 0 Å². The van der Waals surface area contributed by atoms with Gasteiger partial charge in [-0.15, -0.1) is 0 Å². The Morgan fingerprint density at radius 1 is 0.913 bits per heavy atom. The van der Waals surface area contributed by atoms with Gasteiger partial charge in [0.2, 0.25) is 5.79 Å². The van der Waals surface area contributed by atoms with Gasteiger partial charge >= 0.3 is 1.43 Å². The first kappa shape index (κ1) is 18.9. The van der Waals surface area contributed by atoms with Crippen molar-refractivity contribution in [2.45, 2.75) is 54.8 Å². The predicted molar refractivity (Wildman–Crippen MR) is 69.8 cm³/mol. The molecule has 0 spiro atoms. The third kappa shape index (κ3) is 3.36. The molecule has 11 nitrogen and oxygen atoms in total. The summed E-state index contributed by atoms with van der Waals surface area (Å²) in [6.45, 7) is -2.32. The van der Waals surface area contributed by atoms with Gasteiger partial charge in [0.25, 0.3) is 0 Å². The minimum Gasteiger partial charge on any atom is -0.394 e. The molecule has 2 fully saturated rings. The first-order valence-corrected chi connectivity index (χ1v) is 7.05. The summed E-state index contributed by atoms with van der Waals surface area (Å²) in [6.07, 6.45) is -12.2. The van der Waals surface area contributed by atoms with Crippen LogP contribution in [0.5, 0.6) is 0 Å². The Morgan fingerprint density at radius 3 is 2.04 bits per heavy atom. The summed E-state index contributed by atoms with van der Waals surface area (Å²) in [5.41, 5.74) is 0. The Labute approximate surface area is 132 Å². The molecule has 9 atom stereocenters. The lowest BCUT2D eigenvalue weighted by atomic mass is 9.99. The molecule has 23 heavy (non-hydrogen) atoms. The zero-order chi connectivity index (χ0) is 17.4. The molecule has 2 aliphatic rings. The van der Waals surface area contributed by atoms with Crippen molar-refractivity contribution in [1.82, 2.24) is 0 Å². The Balaban J connectivity index is 0.00000288. The Morgan fingerprint density at radius 2 is 1.52 bits per heavy atom. The van der Waals surface area contributed by atoms with Gasteiger partial charge in [0.1, 0.15) is 42.7 Å². The molecule has 2 rings (SSSR count). The van der Waals surface area contributed by atoms with E-state index in [2.05, 4.69) is 0 Å². The van der Waals surface area contributed by atoms with Gasteiger partial charge in [-0.2, -0.15) is 0 Å². The van der Waals surface area contributed by atoms with Gasteiger partial charge in [0, 0.05) is 0 Å². The monoisotopic (exact) mass is 343 g/mol. The maximum Gasteiger partial charge on any atom is 1.00 e. The van der Waals surface area contributed by atoms with Crippen LogP contribution in [0.4, 0.5) is 0 Å². The molecule has 2 heterocycles. The minimum atomic E-state index is -2.37. The van der Waals surface area contributed by atoms with Gasteiger partial charge in [-0.1, -0.05) is 0 Å². The van der Waals surface area contributed by atoms with E-state index < -0.39 is 74.6 Å². The molecule has 8 N–H and O–H groups in total. The van der Waals surface area contributed by atoms with E-state index in [0.717, 1.165) is 0 Å². The Hall–Kier alpha value is -0.440. The quantitative estimate of drug-likeness (QED) is 0.238. The van der Waals surface area contributed by atoms with Crippen molar-refractivity contribution in [3.05, 3.63) is 0 Å². The smallest absolute Gasteiger partial charge is 0.394 e. The molecule has 11 heteroatoms. The zero-order valence-corrected chi connectivity index (χ0v) is 12.0. The highest BCUT2D eigenvalue weighted by molar-refractivity contribution is 4.98. The molecule has 0 aromatic rings. The third-order valence-corrected chi connectivity index (χ3v) is 4.04. The zero-order valence-electron chi connectivity index (χ0n) is 13.0. The molecule has 0 radical (unpaired) electrons. The second kappa shape index (κ2) is 7.21. The van der Waals surface area contributed by atoms with Crippen LogP contribution in [0.3, 0.4) is 0 Å². The van der Waals surface area contributed by atoms with Gasteiger partial charge in [0.15, 0.2) is 6.29 Å². The van der Waals surface area contributed by atoms with Crippen LogP contribution < -0.4 is 0 Å². The predicted octanol–water partition coefficient (Wildman–Crippen LogP) is -5.28. The lowest BCUT2D eigenvalue weighted by molar-refractivity contribution is -0.318. The van der Waals surface area contributed by atoms with Crippen LogP contribution in [0.25, 0.3) is 0 Å². The molecule has 0 aromatic carbocycles. The van der Waals surface area contributed by atoms with Crippen molar-refractivity contribution in [1.29, 1.82) is 0 Å². The van der Waals surface area contributed by atoms with Crippen LogP contribution in [0, 0.1) is 0 Å². The van der Waals surface area contributed by atoms with E-state index in [-0.39, 0.29) is 1.43 Å². The van der Waals surface area contributed by atoms with Crippen LogP contribution in [-0.2, 0) is 14.2 Å². The number of hydrogen-bond donors (Lipinski definition) is 8. The van der Waals surface area contributed by atoms with Crippen LogP contribution in [0.15, 0.2) is 0 Å². The summed E-state index contributed by atoms with van der Waals surface area (Å²) in [4.78, 5) is 0. The lowest BCUT2D eigenvalue weighted by Crippen LogP contribution is -2.60. The number of rotatable bonds is 5. The van der Waals surface area contributed by atoms with E-state index in [0.29, 0.717) is 0 Å². The normalized spacial score (nSPS) is 51.1. The van der Waals surface area contributed by atoms with Crippen molar-refractivity contribution in [2.24, 2.45) is 0 Å². The molecular weight excluding hydrogens is 320 g/mol. The summed E-state index contributed by atoms with van der Waals surface area (Å²) < 4.78 is 15.3. The number of hydrogen-bond acceptors (Lipinski definition) is 11. The van der Waals surface area contributed by atoms with Gasteiger partial charge in [-0.3, -0.25) is 0 Å². The lowest BCUT2D eigenvalue weighted by Gasteiger charge is -2.41. The first-order valence-electron chi connectivity index (χ1n) is 7.05. The van der Waals surface area contributed by atoms with Gasteiger partial charge in [0.05, 0.1) is 19.8 Å². The van der Waals surface area contributed by atoms with Crippen molar-refractivity contribution >= 4 is 0 Å². The van der Waals surface area contributed by atoms with Crippen LogP contribution >= 0.6 is 0 Å². The van der Waals surface area contributed by atoms with E-state index in [9.17, 15) is 30.6 Å². The maximum atomic E-state index is 10.00. The summed E-state index contributed by atoms with van der Waals surface area (Å²) in [5, 5.41) is 76.5. The number of aliphatic hydroxyl groups excluding tert-OH is 7. The molecular formula is C12H23O11+. The maximum absolute atomic E-state index is 10.00. The molecule has 0 saturated carbocycles. The molecule has 136 valence electrons. The summed E-state index contributed by atoms with van der Waals surface area (Å²) in [5.74, 6) is -2.37. The first-order chi connectivity index (χ1) is 10.8. The van der Waals surface area contributed by atoms with Crippen molar-refractivity contribution in [3.63, 3.8) is 0 Å². The standard InChI is InChI=1S/C12H22O11/c13-1-4-6(16)7(17)8(18)11(21-4)22-9-5(2-14)23-12(20,3-15)10(9)19/h4-11,13-20H,1-3H2/p+1. The van der Waals surface area contributed by atoms with Crippen LogP contribution in [-0.4, -0.2) is 115 Å². The fourth-order valence-corrected chi connectivity index (χ4v) is 2.63. The van der Waals surface area contributed by atoms with Gasteiger partial charge in [-0.25, -0.2) is 0 Å². The highest BCUT2D eigenvalue weighted by Crippen LogP contribution is 2.33. The molecule has 2 saturated heterocycles. The van der Waals surface area contributed by atoms with Gasteiger partial charge < -0.3 is 55.1 Å². The average molecular weight is 343 g/mol. The molecule has 0 bridgehead atoms. The van der Waals surface area contributed by atoms with E-state index in [4.69, 9.17) is 24.4 Å². The fourth-order valence-electron chi connectivity index (χ4n) is 2.63. The van der Waals surface area contributed by atoms with Crippen molar-refractivity contribution in [2.75, 3.05) is 19.8 Å². The Kier molecular flexibility index (Phi) is 5.92. The molecule has 0 aliphatic carbocycles. The summed E-state index contributed by atoms with van der Waals surface area (Å²) in [7, 11) is 0. The molecule has 2 aliphatic heterocycles. The highest BCUT2D eigenvalue weighted by atomic mass is 16.7. The second-order valence-corrected chi connectivity index (χ2v) is 5.58. The third-order valence-electron chi connectivity index (χ3n) is 4.04. The number of aliphatic hydroxyl groups is 8. The molecule has 0 aromatic heterocycles. The van der Waals surface area contributed by atoms with E-state index in [1.165, 1.54) is 0 Å².